The number of hydrogen-bond acceptors (Lipinski definition) is 3. The number of halogens is 1. The first-order valence-corrected chi connectivity index (χ1v) is 5.96. The van der Waals surface area contributed by atoms with E-state index in [1.807, 2.05) is 5.38 Å². The molecule has 0 saturated carbocycles. The van der Waals surface area contributed by atoms with E-state index in [0.29, 0.717) is 11.6 Å². The summed E-state index contributed by atoms with van der Waals surface area (Å²) >= 11 is 1.59. The average molecular weight is 214 g/mol. The van der Waals surface area contributed by atoms with E-state index in [-0.39, 0.29) is 0 Å². The molecule has 1 saturated heterocycles. The van der Waals surface area contributed by atoms with Crippen LogP contribution in [0.2, 0.25) is 0 Å². The van der Waals surface area contributed by atoms with Crippen molar-refractivity contribution >= 4 is 11.3 Å². The van der Waals surface area contributed by atoms with E-state index >= 15 is 0 Å². The highest BCUT2D eigenvalue weighted by molar-refractivity contribution is 7.09. The number of thiazole rings is 1. The molecule has 1 atom stereocenters. The predicted octanol–water partition coefficient (Wildman–Crippen LogP) is 2.15. The molecule has 0 amide bonds. The molecule has 78 valence electrons. The molecule has 2 rings (SSSR count). The molecule has 1 N–H and O–H groups in total. The van der Waals surface area contributed by atoms with Crippen LogP contribution in [0.15, 0.2) is 5.38 Å². The number of rotatable bonds is 3. The van der Waals surface area contributed by atoms with Crippen molar-refractivity contribution in [2.45, 2.75) is 25.9 Å². The van der Waals surface area contributed by atoms with Crippen molar-refractivity contribution in [3.05, 3.63) is 16.1 Å². The molecule has 0 aliphatic carbocycles. The second-order valence-electron chi connectivity index (χ2n) is 3.78. The highest BCUT2D eigenvalue weighted by atomic mass is 32.1. The number of piperidine rings is 1. The molecule has 0 radical (unpaired) electrons. The Hall–Kier alpha value is -0.480. The molecule has 0 aromatic carbocycles. The van der Waals surface area contributed by atoms with E-state index < -0.39 is 6.67 Å². The molecule has 14 heavy (non-hydrogen) atoms. The smallest absolute Gasteiger partial charge is 0.132 e. The molecule has 1 aromatic rings. The summed E-state index contributed by atoms with van der Waals surface area (Å²) in [6.45, 7) is 1.80. The highest BCUT2D eigenvalue weighted by Gasteiger charge is 2.15. The van der Waals surface area contributed by atoms with Crippen LogP contribution in [0.25, 0.3) is 0 Å². The second kappa shape index (κ2) is 4.84. The normalized spacial score (nSPS) is 22.5. The summed E-state index contributed by atoms with van der Waals surface area (Å²) in [7, 11) is 0. The predicted molar refractivity (Wildman–Crippen MR) is 56.2 cm³/mol. The van der Waals surface area contributed by atoms with Crippen LogP contribution in [0.3, 0.4) is 0 Å². The fraction of sp³-hybridized carbons (Fsp3) is 0.700. The molecule has 1 aliphatic heterocycles. The largest absolute Gasteiger partial charge is 0.316 e. The Labute approximate surface area is 87.6 Å². The van der Waals surface area contributed by atoms with E-state index in [0.717, 1.165) is 24.5 Å². The Bertz CT molecular complexity index is 281. The van der Waals surface area contributed by atoms with E-state index in [4.69, 9.17) is 0 Å². The first-order chi connectivity index (χ1) is 6.88. The van der Waals surface area contributed by atoms with Crippen molar-refractivity contribution in [1.29, 1.82) is 0 Å². The molecule has 0 bridgehead atoms. The zero-order chi connectivity index (χ0) is 9.80. The van der Waals surface area contributed by atoms with Gasteiger partial charge < -0.3 is 5.32 Å². The number of nitrogens with zero attached hydrogens (tertiary/aromatic N) is 1. The van der Waals surface area contributed by atoms with E-state index in [9.17, 15) is 4.39 Å². The summed E-state index contributed by atoms with van der Waals surface area (Å²) in [6, 6.07) is 0. The average Bonchev–Trinajstić information content (AvgIpc) is 2.67. The van der Waals surface area contributed by atoms with Gasteiger partial charge in [0, 0.05) is 11.8 Å². The summed E-state index contributed by atoms with van der Waals surface area (Å²) in [5, 5.41) is 6.29. The topological polar surface area (TPSA) is 24.9 Å². The van der Waals surface area contributed by atoms with E-state index in [1.54, 1.807) is 11.3 Å². The molecule has 4 heteroatoms. The first-order valence-electron chi connectivity index (χ1n) is 5.08. The van der Waals surface area contributed by atoms with Crippen LogP contribution in [-0.4, -0.2) is 18.1 Å². The highest BCUT2D eigenvalue weighted by Crippen LogP contribution is 2.19. The van der Waals surface area contributed by atoms with Gasteiger partial charge in [-0.25, -0.2) is 9.37 Å². The van der Waals surface area contributed by atoms with Crippen molar-refractivity contribution in [3.63, 3.8) is 0 Å². The second-order valence-corrected chi connectivity index (χ2v) is 4.73. The lowest BCUT2D eigenvalue weighted by Crippen LogP contribution is -2.30. The minimum absolute atomic E-state index is 0.431. The van der Waals surface area contributed by atoms with Gasteiger partial charge in [0.2, 0.25) is 0 Å². The molecule has 2 heterocycles. The maximum atomic E-state index is 12.2. The lowest BCUT2D eigenvalue weighted by Gasteiger charge is -2.21. The van der Waals surface area contributed by atoms with Gasteiger partial charge in [-0.15, -0.1) is 11.3 Å². The minimum Gasteiger partial charge on any atom is -0.316 e. The monoisotopic (exact) mass is 214 g/mol. The standard InChI is InChI=1S/C10H15FN2S/c11-5-9-7-14-10(13-9)4-8-2-1-3-12-6-8/h7-8,12H,1-6H2. The Balaban J connectivity index is 1.89. The zero-order valence-electron chi connectivity index (χ0n) is 8.13. The summed E-state index contributed by atoms with van der Waals surface area (Å²) in [5.41, 5.74) is 0.591. The fourth-order valence-electron chi connectivity index (χ4n) is 1.85. The van der Waals surface area contributed by atoms with Crippen LogP contribution < -0.4 is 5.32 Å². The third-order valence-electron chi connectivity index (χ3n) is 2.60. The van der Waals surface area contributed by atoms with E-state index in [2.05, 4.69) is 10.3 Å². The van der Waals surface area contributed by atoms with Crippen molar-refractivity contribution in [3.8, 4) is 0 Å². The van der Waals surface area contributed by atoms with Crippen molar-refractivity contribution in [1.82, 2.24) is 10.3 Å². The van der Waals surface area contributed by atoms with Gasteiger partial charge in [0.25, 0.3) is 0 Å². The van der Waals surface area contributed by atoms with Crippen molar-refractivity contribution in [2.24, 2.45) is 5.92 Å². The molecule has 0 spiro atoms. The number of alkyl halides is 1. The van der Waals surface area contributed by atoms with Crippen LogP contribution in [0, 0.1) is 5.92 Å². The zero-order valence-corrected chi connectivity index (χ0v) is 8.95. The van der Waals surface area contributed by atoms with Gasteiger partial charge >= 0.3 is 0 Å². The Morgan fingerprint density at radius 2 is 2.57 bits per heavy atom. The third kappa shape index (κ3) is 2.51. The molecule has 1 unspecified atom stereocenters. The van der Waals surface area contributed by atoms with Crippen LogP contribution in [-0.2, 0) is 13.1 Å². The van der Waals surface area contributed by atoms with E-state index in [1.165, 1.54) is 12.8 Å². The van der Waals surface area contributed by atoms with Gasteiger partial charge in [-0.05, 0) is 31.8 Å². The molecule has 1 fully saturated rings. The molecular formula is C10H15FN2S. The van der Waals surface area contributed by atoms with Crippen molar-refractivity contribution < 1.29 is 4.39 Å². The fourth-order valence-corrected chi connectivity index (χ4v) is 2.74. The maximum absolute atomic E-state index is 12.2. The summed E-state index contributed by atoms with van der Waals surface area (Å²) in [4.78, 5) is 4.24. The summed E-state index contributed by atoms with van der Waals surface area (Å²) < 4.78 is 12.2. The lowest BCUT2D eigenvalue weighted by atomic mass is 9.97. The Morgan fingerprint density at radius 3 is 3.21 bits per heavy atom. The summed E-state index contributed by atoms with van der Waals surface area (Å²) in [5.74, 6) is 0.697. The Morgan fingerprint density at radius 1 is 1.64 bits per heavy atom. The van der Waals surface area contributed by atoms with Gasteiger partial charge in [-0.3, -0.25) is 0 Å². The maximum Gasteiger partial charge on any atom is 0.132 e. The van der Waals surface area contributed by atoms with Crippen LogP contribution in [0.1, 0.15) is 23.5 Å². The Kier molecular flexibility index (Phi) is 3.48. The number of nitrogens with one attached hydrogen (secondary N) is 1. The minimum atomic E-state index is -0.431. The molecule has 1 aliphatic rings. The van der Waals surface area contributed by atoms with Crippen LogP contribution in [0.4, 0.5) is 4.39 Å². The third-order valence-corrected chi connectivity index (χ3v) is 3.52. The molecular weight excluding hydrogens is 199 g/mol. The van der Waals surface area contributed by atoms with Gasteiger partial charge in [0.15, 0.2) is 0 Å². The summed E-state index contributed by atoms with van der Waals surface area (Å²) in [6.07, 6.45) is 3.54. The lowest BCUT2D eigenvalue weighted by molar-refractivity contribution is 0.375. The van der Waals surface area contributed by atoms with Crippen LogP contribution >= 0.6 is 11.3 Å². The molecule has 2 nitrogen and oxygen atoms in total. The van der Waals surface area contributed by atoms with Crippen LogP contribution in [0.5, 0.6) is 0 Å². The van der Waals surface area contributed by atoms with Gasteiger partial charge in [0.1, 0.15) is 6.67 Å². The van der Waals surface area contributed by atoms with Gasteiger partial charge in [-0.1, -0.05) is 0 Å². The van der Waals surface area contributed by atoms with Crippen molar-refractivity contribution in [2.75, 3.05) is 13.1 Å². The molecule has 1 aromatic heterocycles. The number of hydrogen-bond donors (Lipinski definition) is 1. The number of aromatic nitrogens is 1. The quantitative estimate of drug-likeness (QED) is 0.834. The SMILES string of the molecule is FCc1csc(CC2CCCNC2)n1. The van der Waals surface area contributed by atoms with Gasteiger partial charge in [-0.2, -0.15) is 0 Å². The van der Waals surface area contributed by atoms with Gasteiger partial charge in [0.05, 0.1) is 10.7 Å². The first kappa shape index (κ1) is 10.1.